The lowest BCUT2D eigenvalue weighted by Crippen LogP contribution is -2.49. The van der Waals surface area contributed by atoms with Crippen LogP contribution in [0.1, 0.15) is 19.3 Å². The zero-order chi connectivity index (χ0) is 19.7. The third kappa shape index (κ3) is 3.83. The smallest absolute Gasteiger partial charge is 0.251 e. The summed E-state index contributed by atoms with van der Waals surface area (Å²) in [4.78, 5) is 28.3. The van der Waals surface area contributed by atoms with Crippen molar-refractivity contribution in [3.05, 3.63) is 47.4 Å². The van der Waals surface area contributed by atoms with E-state index in [0.29, 0.717) is 10.8 Å². The maximum Gasteiger partial charge on any atom is 0.251 e. The molecule has 1 aromatic carbocycles. The van der Waals surface area contributed by atoms with Crippen molar-refractivity contribution in [1.82, 2.24) is 15.5 Å². The van der Waals surface area contributed by atoms with E-state index in [1.54, 1.807) is 6.07 Å². The molecule has 0 radical (unpaired) electrons. The van der Waals surface area contributed by atoms with Gasteiger partial charge in [-0.3, -0.25) is 9.59 Å². The van der Waals surface area contributed by atoms with Gasteiger partial charge in [-0.05, 0) is 49.2 Å². The van der Waals surface area contributed by atoms with E-state index in [-0.39, 0.29) is 24.3 Å². The third-order valence-corrected chi connectivity index (χ3v) is 5.31. The molecule has 146 valence electrons. The van der Waals surface area contributed by atoms with Gasteiger partial charge in [-0.25, -0.2) is 9.29 Å². The number of hydrogen-bond donors (Lipinski definition) is 1. The molecule has 2 fully saturated rings. The molecule has 2 amide bonds. The molecule has 1 unspecified atom stereocenters. The number of anilines is 2. The van der Waals surface area contributed by atoms with E-state index in [0.717, 1.165) is 36.6 Å². The maximum absolute atomic E-state index is 13.1. The van der Waals surface area contributed by atoms with Crippen LogP contribution in [0, 0.1) is 5.82 Å². The summed E-state index contributed by atoms with van der Waals surface area (Å²) in [5, 5.41) is 11.6. The highest BCUT2D eigenvalue weighted by molar-refractivity contribution is 6.29. The van der Waals surface area contributed by atoms with E-state index in [1.807, 2.05) is 6.07 Å². The fraction of sp³-hybridized carbons (Fsp3) is 0.368. The van der Waals surface area contributed by atoms with Gasteiger partial charge in [0, 0.05) is 19.1 Å². The van der Waals surface area contributed by atoms with Crippen molar-refractivity contribution in [1.29, 1.82) is 0 Å². The highest BCUT2D eigenvalue weighted by atomic mass is 35.5. The predicted octanol–water partition coefficient (Wildman–Crippen LogP) is 2.16. The summed E-state index contributed by atoms with van der Waals surface area (Å²) in [5.41, 5.74) is 0.400. The average Bonchev–Trinajstić information content (AvgIpc) is 2.97. The van der Waals surface area contributed by atoms with Gasteiger partial charge in [0.25, 0.3) is 5.91 Å². The molecule has 3 heterocycles. The van der Waals surface area contributed by atoms with Gasteiger partial charge in [0.15, 0.2) is 11.0 Å². The summed E-state index contributed by atoms with van der Waals surface area (Å²) in [6.45, 7) is 1.54. The number of aromatic nitrogens is 2. The number of hydrogen-bond acceptors (Lipinski definition) is 6. The zero-order valence-electron chi connectivity index (χ0n) is 15.0. The van der Waals surface area contributed by atoms with Gasteiger partial charge < -0.3 is 10.2 Å². The van der Waals surface area contributed by atoms with Gasteiger partial charge in [0.05, 0.1) is 18.2 Å². The lowest BCUT2D eigenvalue weighted by molar-refractivity contribution is -0.121. The Labute approximate surface area is 166 Å². The molecule has 4 rings (SSSR count). The standard InChI is InChI=1S/C19H19ClFN5O2/c20-16-5-6-17(24-23-16)25-9-7-13(8-10-25)22-15-11-18(27)26(19(15)28)14-3-1-12(21)2-4-14/h1-6,13,15,22H,7-11H2. The number of piperidine rings is 1. The van der Waals surface area contributed by atoms with E-state index < -0.39 is 11.9 Å². The van der Waals surface area contributed by atoms with Crippen LogP contribution in [0.3, 0.4) is 0 Å². The normalized spacial score (nSPS) is 20.9. The molecular weight excluding hydrogens is 385 g/mol. The van der Waals surface area contributed by atoms with Crippen molar-refractivity contribution in [3.8, 4) is 0 Å². The second kappa shape index (κ2) is 7.81. The van der Waals surface area contributed by atoms with Crippen molar-refractivity contribution in [3.63, 3.8) is 0 Å². The molecule has 2 aliphatic rings. The Bertz CT molecular complexity index is 869. The Morgan fingerprint density at radius 1 is 1.04 bits per heavy atom. The Kier molecular flexibility index (Phi) is 5.23. The summed E-state index contributed by atoms with van der Waals surface area (Å²) >= 11 is 5.77. The molecular formula is C19H19ClFN5O2. The van der Waals surface area contributed by atoms with Crippen molar-refractivity contribution in [2.24, 2.45) is 0 Å². The molecule has 1 atom stereocenters. The van der Waals surface area contributed by atoms with E-state index in [4.69, 9.17) is 11.6 Å². The minimum Gasteiger partial charge on any atom is -0.355 e. The lowest BCUT2D eigenvalue weighted by Gasteiger charge is -2.33. The molecule has 1 aromatic heterocycles. The first kappa shape index (κ1) is 18.8. The summed E-state index contributed by atoms with van der Waals surface area (Å²) in [6.07, 6.45) is 1.75. The highest BCUT2D eigenvalue weighted by Crippen LogP contribution is 2.25. The topological polar surface area (TPSA) is 78.4 Å². The van der Waals surface area contributed by atoms with Gasteiger partial charge in [-0.2, -0.15) is 0 Å². The van der Waals surface area contributed by atoms with E-state index in [1.165, 1.54) is 24.3 Å². The summed E-state index contributed by atoms with van der Waals surface area (Å²) in [7, 11) is 0. The van der Waals surface area contributed by atoms with Crippen molar-refractivity contribution >= 4 is 34.9 Å². The first-order valence-corrected chi connectivity index (χ1v) is 9.51. The van der Waals surface area contributed by atoms with Crippen LogP contribution >= 0.6 is 11.6 Å². The molecule has 28 heavy (non-hydrogen) atoms. The molecule has 2 aliphatic heterocycles. The first-order valence-electron chi connectivity index (χ1n) is 9.14. The van der Waals surface area contributed by atoms with Crippen LogP contribution in [0.15, 0.2) is 36.4 Å². The Morgan fingerprint density at radius 3 is 2.39 bits per heavy atom. The molecule has 2 aromatic rings. The fourth-order valence-electron chi connectivity index (χ4n) is 3.66. The molecule has 0 aliphatic carbocycles. The number of nitrogens with one attached hydrogen (secondary N) is 1. The summed E-state index contributed by atoms with van der Waals surface area (Å²) in [5.74, 6) is -0.197. The van der Waals surface area contributed by atoms with Crippen LogP contribution in [0.4, 0.5) is 15.9 Å². The molecule has 9 heteroatoms. The Morgan fingerprint density at radius 2 is 1.75 bits per heavy atom. The number of imide groups is 1. The second-order valence-electron chi connectivity index (χ2n) is 6.94. The number of rotatable bonds is 4. The monoisotopic (exact) mass is 403 g/mol. The molecule has 7 nitrogen and oxygen atoms in total. The Balaban J connectivity index is 1.35. The molecule has 0 spiro atoms. The number of carbonyl (C=O) groups is 2. The van der Waals surface area contributed by atoms with Gasteiger partial charge in [0.2, 0.25) is 5.91 Å². The average molecular weight is 404 g/mol. The second-order valence-corrected chi connectivity index (χ2v) is 7.33. The van der Waals surface area contributed by atoms with E-state index in [9.17, 15) is 14.0 Å². The van der Waals surface area contributed by atoms with Crippen LogP contribution in [0.25, 0.3) is 0 Å². The quantitative estimate of drug-likeness (QED) is 0.788. The minimum atomic E-state index is -0.551. The maximum atomic E-state index is 13.1. The van der Waals surface area contributed by atoms with Gasteiger partial charge in [-0.1, -0.05) is 11.6 Å². The first-order chi connectivity index (χ1) is 13.5. The van der Waals surface area contributed by atoms with Crippen LogP contribution < -0.4 is 15.1 Å². The van der Waals surface area contributed by atoms with Crippen LogP contribution in [-0.2, 0) is 9.59 Å². The SMILES string of the molecule is O=C1CC(NC2CCN(c3ccc(Cl)nn3)CC2)C(=O)N1c1ccc(F)cc1. The van der Waals surface area contributed by atoms with Crippen LogP contribution in [-0.4, -0.2) is 47.2 Å². The largest absolute Gasteiger partial charge is 0.355 e. The third-order valence-electron chi connectivity index (χ3n) is 5.11. The number of carbonyl (C=O) groups excluding carboxylic acids is 2. The van der Waals surface area contributed by atoms with E-state index >= 15 is 0 Å². The van der Waals surface area contributed by atoms with Crippen LogP contribution in [0.5, 0.6) is 0 Å². The zero-order valence-corrected chi connectivity index (χ0v) is 15.8. The minimum absolute atomic E-state index is 0.110. The highest BCUT2D eigenvalue weighted by Gasteiger charge is 2.40. The van der Waals surface area contributed by atoms with Gasteiger partial charge >= 0.3 is 0 Å². The Hall–Kier alpha value is -2.58. The van der Waals surface area contributed by atoms with Crippen LogP contribution in [0.2, 0.25) is 5.15 Å². The number of halogens is 2. The fourth-order valence-corrected chi connectivity index (χ4v) is 3.76. The summed E-state index contributed by atoms with van der Waals surface area (Å²) in [6, 6.07) is 8.50. The number of nitrogens with zero attached hydrogens (tertiary/aromatic N) is 4. The molecule has 0 bridgehead atoms. The van der Waals surface area contributed by atoms with E-state index in [2.05, 4.69) is 20.4 Å². The number of benzene rings is 1. The van der Waals surface area contributed by atoms with Gasteiger partial charge in [-0.15, -0.1) is 10.2 Å². The summed E-state index contributed by atoms with van der Waals surface area (Å²) < 4.78 is 13.1. The van der Waals surface area contributed by atoms with Crippen molar-refractivity contribution in [2.75, 3.05) is 22.9 Å². The molecule has 0 saturated carbocycles. The molecule has 1 N–H and O–H groups in total. The molecule has 2 saturated heterocycles. The predicted molar refractivity (Wildman–Crippen MR) is 103 cm³/mol. The lowest BCUT2D eigenvalue weighted by atomic mass is 10.0. The van der Waals surface area contributed by atoms with Gasteiger partial charge in [0.1, 0.15) is 5.82 Å². The van der Waals surface area contributed by atoms with Crippen molar-refractivity contribution < 1.29 is 14.0 Å². The number of amides is 2. The van der Waals surface area contributed by atoms with Crippen molar-refractivity contribution in [2.45, 2.75) is 31.3 Å².